The van der Waals surface area contributed by atoms with E-state index in [2.05, 4.69) is 5.32 Å². The van der Waals surface area contributed by atoms with Crippen molar-refractivity contribution in [3.63, 3.8) is 0 Å². The van der Waals surface area contributed by atoms with Gasteiger partial charge in [-0.05, 0) is 23.8 Å². The van der Waals surface area contributed by atoms with Gasteiger partial charge >= 0.3 is 5.97 Å². The maximum absolute atomic E-state index is 11.2. The van der Waals surface area contributed by atoms with Crippen molar-refractivity contribution in [1.29, 1.82) is 0 Å². The fraction of sp³-hybridized carbons (Fsp3) is 0.0714. The molecule has 0 unspecified atom stereocenters. The van der Waals surface area contributed by atoms with E-state index in [0.29, 0.717) is 22.0 Å². The first kappa shape index (κ1) is 14.7. The Kier molecular flexibility index (Phi) is 4.49. The van der Waals surface area contributed by atoms with E-state index in [1.165, 1.54) is 6.07 Å². The number of carboxylic acids is 1. The van der Waals surface area contributed by atoms with Crippen LogP contribution in [0.5, 0.6) is 0 Å². The van der Waals surface area contributed by atoms with Gasteiger partial charge in [-0.2, -0.15) is 0 Å². The monoisotopic (exact) mass is 311 g/mol. The maximum Gasteiger partial charge on any atom is 0.337 e. The van der Waals surface area contributed by atoms with Gasteiger partial charge in [0.25, 0.3) is 0 Å². The van der Waals surface area contributed by atoms with E-state index in [4.69, 9.17) is 28.3 Å². The van der Waals surface area contributed by atoms with Gasteiger partial charge in [0.05, 0.1) is 33.6 Å². The molecule has 20 heavy (non-hydrogen) atoms. The molecule has 0 aliphatic heterocycles. The number of carbonyl (C=O) groups is 1. The van der Waals surface area contributed by atoms with E-state index in [1.54, 1.807) is 30.3 Å². The SMILES string of the molecule is O=C(O)c1ccccc1Nc1c(Cl)ccc(CO)c1Cl. The summed E-state index contributed by atoms with van der Waals surface area (Å²) in [4.78, 5) is 11.2. The van der Waals surface area contributed by atoms with Crippen molar-refractivity contribution in [2.75, 3.05) is 5.32 Å². The van der Waals surface area contributed by atoms with Crippen LogP contribution in [0.3, 0.4) is 0 Å². The smallest absolute Gasteiger partial charge is 0.337 e. The van der Waals surface area contributed by atoms with Crippen LogP contribution in [0.25, 0.3) is 0 Å². The second-order valence-corrected chi connectivity index (χ2v) is 4.81. The van der Waals surface area contributed by atoms with Crippen molar-refractivity contribution in [2.45, 2.75) is 6.61 Å². The van der Waals surface area contributed by atoms with Gasteiger partial charge in [-0.25, -0.2) is 4.79 Å². The van der Waals surface area contributed by atoms with Crippen LogP contribution in [0.2, 0.25) is 10.0 Å². The van der Waals surface area contributed by atoms with Gasteiger partial charge < -0.3 is 15.5 Å². The van der Waals surface area contributed by atoms with E-state index in [9.17, 15) is 9.90 Å². The van der Waals surface area contributed by atoms with E-state index in [0.717, 1.165) is 0 Å². The number of aliphatic hydroxyl groups excluding tert-OH is 1. The lowest BCUT2D eigenvalue weighted by Crippen LogP contribution is -2.03. The summed E-state index contributed by atoms with van der Waals surface area (Å²) in [5, 5.41) is 21.8. The van der Waals surface area contributed by atoms with Crippen LogP contribution in [0.1, 0.15) is 15.9 Å². The largest absolute Gasteiger partial charge is 0.478 e. The Hall–Kier alpha value is -1.75. The molecule has 0 fully saturated rings. The van der Waals surface area contributed by atoms with E-state index in [1.807, 2.05) is 0 Å². The average molecular weight is 312 g/mol. The van der Waals surface area contributed by atoms with Crippen LogP contribution in [0, 0.1) is 0 Å². The quantitative estimate of drug-likeness (QED) is 0.800. The molecule has 0 heterocycles. The molecule has 0 bridgehead atoms. The number of hydrogen-bond donors (Lipinski definition) is 3. The van der Waals surface area contributed by atoms with Crippen molar-refractivity contribution in [3.05, 3.63) is 57.6 Å². The fourth-order valence-corrected chi connectivity index (χ4v) is 2.27. The minimum atomic E-state index is -1.06. The van der Waals surface area contributed by atoms with Crippen LogP contribution < -0.4 is 5.32 Å². The molecule has 0 saturated carbocycles. The second-order valence-electron chi connectivity index (χ2n) is 4.03. The van der Waals surface area contributed by atoms with Crippen molar-refractivity contribution in [3.8, 4) is 0 Å². The lowest BCUT2D eigenvalue weighted by atomic mass is 10.1. The Morgan fingerprint density at radius 2 is 1.85 bits per heavy atom. The molecule has 4 nitrogen and oxygen atoms in total. The number of para-hydroxylation sites is 1. The highest BCUT2D eigenvalue weighted by Crippen LogP contribution is 2.36. The Balaban J connectivity index is 2.48. The summed E-state index contributed by atoms with van der Waals surface area (Å²) in [7, 11) is 0. The van der Waals surface area contributed by atoms with Gasteiger partial charge in [0, 0.05) is 0 Å². The summed E-state index contributed by atoms with van der Waals surface area (Å²) in [5.74, 6) is -1.06. The minimum absolute atomic E-state index is 0.106. The molecular formula is C14H11Cl2NO3. The molecule has 0 aromatic heterocycles. The number of halogens is 2. The van der Waals surface area contributed by atoms with Crippen LogP contribution in [-0.2, 0) is 6.61 Å². The molecule has 0 amide bonds. The van der Waals surface area contributed by atoms with Gasteiger partial charge in [0.2, 0.25) is 0 Å². The van der Waals surface area contributed by atoms with Crippen LogP contribution in [0.15, 0.2) is 36.4 Å². The van der Waals surface area contributed by atoms with Crippen molar-refractivity contribution >= 4 is 40.5 Å². The first-order valence-corrected chi connectivity index (χ1v) is 6.47. The number of aliphatic hydroxyl groups is 1. The minimum Gasteiger partial charge on any atom is -0.478 e. The molecule has 0 spiro atoms. The maximum atomic E-state index is 11.2. The predicted octanol–water partition coefficient (Wildman–Crippen LogP) is 3.93. The molecular weight excluding hydrogens is 301 g/mol. The molecule has 2 aromatic rings. The summed E-state index contributed by atoms with van der Waals surface area (Å²) < 4.78 is 0. The standard InChI is InChI=1S/C14H11Cl2NO3/c15-10-6-5-8(7-18)12(16)13(10)17-11-4-2-1-3-9(11)14(19)20/h1-6,17-18H,7H2,(H,19,20). The molecule has 0 radical (unpaired) electrons. The van der Waals surface area contributed by atoms with Crippen LogP contribution in [-0.4, -0.2) is 16.2 Å². The number of nitrogens with one attached hydrogen (secondary N) is 1. The van der Waals surface area contributed by atoms with Crippen molar-refractivity contribution < 1.29 is 15.0 Å². The van der Waals surface area contributed by atoms with E-state index in [-0.39, 0.29) is 17.2 Å². The lowest BCUT2D eigenvalue weighted by Gasteiger charge is -2.14. The van der Waals surface area contributed by atoms with Crippen molar-refractivity contribution in [2.24, 2.45) is 0 Å². The Bertz CT molecular complexity index is 659. The summed E-state index contributed by atoms with van der Waals surface area (Å²) in [6.45, 7) is -0.231. The van der Waals surface area contributed by atoms with Gasteiger partial charge in [0.1, 0.15) is 0 Å². The number of rotatable bonds is 4. The molecule has 0 atom stereocenters. The van der Waals surface area contributed by atoms with Gasteiger partial charge in [-0.3, -0.25) is 0 Å². The predicted molar refractivity (Wildman–Crippen MR) is 79.1 cm³/mol. The highest BCUT2D eigenvalue weighted by atomic mass is 35.5. The summed E-state index contributed by atoms with van der Waals surface area (Å²) >= 11 is 12.2. The third-order valence-electron chi connectivity index (χ3n) is 2.76. The van der Waals surface area contributed by atoms with Crippen LogP contribution >= 0.6 is 23.2 Å². The molecule has 2 rings (SSSR count). The summed E-state index contributed by atoms with van der Waals surface area (Å²) in [5.41, 5.74) is 1.35. The molecule has 2 aromatic carbocycles. The molecule has 0 aliphatic carbocycles. The number of benzene rings is 2. The molecule has 0 aliphatic rings. The topological polar surface area (TPSA) is 69.6 Å². The highest BCUT2D eigenvalue weighted by Gasteiger charge is 2.14. The fourth-order valence-electron chi connectivity index (χ4n) is 1.75. The van der Waals surface area contributed by atoms with Crippen LogP contribution in [0.4, 0.5) is 11.4 Å². The van der Waals surface area contributed by atoms with Gasteiger partial charge in [0.15, 0.2) is 0 Å². The zero-order chi connectivity index (χ0) is 14.7. The van der Waals surface area contributed by atoms with Gasteiger partial charge in [-0.15, -0.1) is 0 Å². The zero-order valence-corrected chi connectivity index (χ0v) is 11.7. The molecule has 6 heteroatoms. The summed E-state index contributed by atoms with van der Waals surface area (Å²) in [6, 6.07) is 9.61. The highest BCUT2D eigenvalue weighted by molar-refractivity contribution is 6.39. The third kappa shape index (κ3) is 2.88. The zero-order valence-electron chi connectivity index (χ0n) is 10.2. The Labute approximate surface area is 125 Å². The number of carboxylic acid groups (broad SMARTS) is 1. The average Bonchev–Trinajstić information content (AvgIpc) is 2.44. The van der Waals surface area contributed by atoms with Gasteiger partial charge in [-0.1, -0.05) is 41.4 Å². The van der Waals surface area contributed by atoms with E-state index >= 15 is 0 Å². The second kappa shape index (κ2) is 6.13. The van der Waals surface area contributed by atoms with Crippen molar-refractivity contribution in [1.82, 2.24) is 0 Å². The molecule has 0 saturated heterocycles. The molecule has 3 N–H and O–H groups in total. The molecule has 104 valence electrons. The number of anilines is 2. The first-order valence-electron chi connectivity index (χ1n) is 5.71. The lowest BCUT2D eigenvalue weighted by molar-refractivity contribution is 0.0698. The van der Waals surface area contributed by atoms with E-state index < -0.39 is 5.97 Å². The summed E-state index contributed by atoms with van der Waals surface area (Å²) in [6.07, 6.45) is 0. The number of aromatic carboxylic acids is 1. The Morgan fingerprint density at radius 1 is 1.15 bits per heavy atom. The number of hydrogen-bond acceptors (Lipinski definition) is 3. The first-order chi connectivity index (χ1) is 9.54. The normalized spacial score (nSPS) is 10.3. The Morgan fingerprint density at radius 3 is 2.50 bits per heavy atom. The third-order valence-corrected chi connectivity index (χ3v) is 3.51.